The second-order valence-corrected chi connectivity index (χ2v) is 12.5. The van der Waals surface area contributed by atoms with Crippen LogP contribution in [0.15, 0.2) is 21.8 Å². The summed E-state index contributed by atoms with van der Waals surface area (Å²) in [5.41, 5.74) is 1.86. The fourth-order valence-corrected chi connectivity index (χ4v) is 6.92. The molecule has 0 bridgehead atoms. The number of nitriles is 1. The molecule has 1 aliphatic carbocycles. The van der Waals surface area contributed by atoms with Gasteiger partial charge in [0.05, 0.1) is 36.3 Å². The number of hydrogen-bond donors (Lipinski definition) is 3. The van der Waals surface area contributed by atoms with Crippen molar-refractivity contribution in [1.82, 2.24) is 15.6 Å². The highest BCUT2D eigenvalue weighted by atomic mass is 35.5. The van der Waals surface area contributed by atoms with Crippen LogP contribution in [0.4, 0.5) is 0 Å². The lowest BCUT2D eigenvalue weighted by Crippen LogP contribution is -2.63. The van der Waals surface area contributed by atoms with E-state index in [4.69, 9.17) is 25.8 Å². The summed E-state index contributed by atoms with van der Waals surface area (Å²) >= 11 is 8.08. The van der Waals surface area contributed by atoms with Crippen LogP contribution in [0.3, 0.4) is 0 Å². The van der Waals surface area contributed by atoms with Crippen LogP contribution in [-0.4, -0.2) is 47.7 Å². The van der Waals surface area contributed by atoms with Crippen molar-refractivity contribution >= 4 is 29.3 Å². The molecule has 1 saturated heterocycles. The van der Waals surface area contributed by atoms with Crippen molar-refractivity contribution in [3.8, 4) is 17.6 Å². The first-order chi connectivity index (χ1) is 19.1. The van der Waals surface area contributed by atoms with Crippen LogP contribution < -0.4 is 25.7 Å². The first-order valence-electron chi connectivity index (χ1n) is 13.6. The van der Waals surface area contributed by atoms with Gasteiger partial charge in [-0.25, -0.2) is 0 Å². The Kier molecular flexibility index (Phi) is 8.13. The summed E-state index contributed by atoms with van der Waals surface area (Å²) in [4.78, 5) is 29.4. The lowest BCUT2D eigenvalue weighted by atomic mass is 9.80. The maximum atomic E-state index is 13.2. The van der Waals surface area contributed by atoms with Crippen LogP contribution in [-0.2, 0) is 11.3 Å². The van der Waals surface area contributed by atoms with Crippen molar-refractivity contribution in [2.24, 2.45) is 5.92 Å². The third-order valence-corrected chi connectivity index (χ3v) is 9.41. The molecular weight excluding hydrogens is 552 g/mol. The van der Waals surface area contributed by atoms with Crippen molar-refractivity contribution < 1.29 is 19.0 Å². The molecule has 2 aromatic rings. The number of pyridine rings is 1. The van der Waals surface area contributed by atoms with E-state index >= 15 is 0 Å². The summed E-state index contributed by atoms with van der Waals surface area (Å²) in [5, 5.41) is 16.0. The van der Waals surface area contributed by atoms with Crippen molar-refractivity contribution in [1.29, 1.82) is 5.26 Å². The monoisotopic (exact) mass is 586 g/mol. The number of ether oxygens (including phenoxy) is 3. The molecule has 1 aromatic carbocycles. The summed E-state index contributed by atoms with van der Waals surface area (Å²) in [5.74, 6) is -0.170. The van der Waals surface area contributed by atoms with Crippen molar-refractivity contribution in [3.05, 3.63) is 49.9 Å². The first kappa shape index (κ1) is 28.8. The average Bonchev–Trinajstić information content (AvgIpc) is 3.28. The zero-order valence-corrected chi connectivity index (χ0v) is 24.8. The number of nitrogens with zero attached hydrogens (tertiary/aromatic N) is 1. The Hall–Kier alpha value is -2.71. The summed E-state index contributed by atoms with van der Waals surface area (Å²) in [6.07, 6.45) is 5.99. The molecule has 3 heterocycles. The molecule has 5 rings (SSSR count). The Bertz CT molecular complexity index is 1410. The van der Waals surface area contributed by atoms with Crippen molar-refractivity contribution in [3.63, 3.8) is 0 Å². The molecule has 0 radical (unpaired) electrons. The smallest absolute Gasteiger partial charge is 0.254 e. The highest BCUT2D eigenvalue weighted by Crippen LogP contribution is 2.51. The van der Waals surface area contributed by atoms with Gasteiger partial charge in [-0.3, -0.25) is 9.59 Å². The Balaban J connectivity index is 1.26. The lowest BCUT2D eigenvalue weighted by Gasteiger charge is -2.45. The third kappa shape index (κ3) is 5.45. The predicted octanol–water partition coefficient (Wildman–Crippen LogP) is 4.62. The Morgan fingerprint density at radius 3 is 2.52 bits per heavy atom. The molecule has 1 aromatic heterocycles. The van der Waals surface area contributed by atoms with Crippen LogP contribution in [0.2, 0.25) is 5.02 Å². The van der Waals surface area contributed by atoms with Gasteiger partial charge in [-0.05, 0) is 57.9 Å². The first-order valence-corrected chi connectivity index (χ1v) is 15.2. The molecule has 2 aliphatic heterocycles. The normalized spacial score (nSPS) is 24.7. The van der Waals surface area contributed by atoms with E-state index in [1.807, 2.05) is 33.1 Å². The number of hydrogen-bond acceptors (Lipinski definition) is 8. The minimum Gasteiger partial charge on any atom is -0.448 e. The molecule has 9 nitrogen and oxygen atoms in total. The number of fused-ring (bicyclic) bond motifs is 1. The van der Waals surface area contributed by atoms with Gasteiger partial charge in [0.1, 0.15) is 0 Å². The highest BCUT2D eigenvalue weighted by Gasteiger charge is 2.48. The number of H-pyrrole nitrogens is 1. The Morgan fingerprint density at radius 2 is 1.90 bits per heavy atom. The van der Waals surface area contributed by atoms with Crippen LogP contribution in [0.1, 0.15) is 66.2 Å². The summed E-state index contributed by atoms with van der Waals surface area (Å²) in [6, 6.07) is 6.09. The van der Waals surface area contributed by atoms with Gasteiger partial charge in [0.25, 0.3) is 17.3 Å². The van der Waals surface area contributed by atoms with Gasteiger partial charge in [-0.2, -0.15) is 5.26 Å². The van der Waals surface area contributed by atoms with E-state index in [9.17, 15) is 14.9 Å². The van der Waals surface area contributed by atoms with E-state index in [-0.39, 0.29) is 29.5 Å². The van der Waals surface area contributed by atoms with E-state index < -0.39 is 5.79 Å². The highest BCUT2D eigenvalue weighted by molar-refractivity contribution is 7.98. The molecule has 3 aliphatic rings. The van der Waals surface area contributed by atoms with Gasteiger partial charge < -0.3 is 29.8 Å². The zero-order valence-electron chi connectivity index (χ0n) is 23.2. The Morgan fingerprint density at radius 1 is 1.20 bits per heavy atom. The van der Waals surface area contributed by atoms with Crippen LogP contribution >= 0.6 is 23.4 Å². The van der Waals surface area contributed by atoms with E-state index in [2.05, 4.69) is 21.7 Å². The number of rotatable bonds is 8. The molecule has 1 amide bonds. The SMILES string of the molecule is CSc1cc(C)[nH]c(=O)c1CNC(=O)c1cc(Cl)c2c(c1C)OC(C)(C1CCC(NC3(CC#N)COC3)CC1)O2. The standard InChI is InChI=1S/C29H35ClN4O5S/c1-16-11-23(40-4)21(27(36)33-16)13-32-26(35)20-12-22(30)25-24(17(20)2)38-28(3,39-25)18-5-7-19(8-6-18)34-29(9-10-31)14-37-15-29/h11-12,18-19,34H,5-9,13-15H2,1-4H3,(H,32,35)(H,33,36). The molecule has 3 N–H and O–H groups in total. The lowest BCUT2D eigenvalue weighted by molar-refractivity contribution is -0.125. The van der Waals surface area contributed by atoms with Gasteiger partial charge in [-0.1, -0.05) is 11.6 Å². The number of amides is 1. The molecule has 2 fully saturated rings. The zero-order chi connectivity index (χ0) is 28.7. The quantitative estimate of drug-likeness (QED) is 0.383. The number of aromatic amines is 1. The van der Waals surface area contributed by atoms with E-state index in [1.54, 1.807) is 6.07 Å². The average molecular weight is 587 g/mol. The minimum atomic E-state index is -0.900. The topological polar surface area (TPSA) is 125 Å². The van der Waals surface area contributed by atoms with Gasteiger partial charge in [0, 0.05) is 52.7 Å². The number of benzene rings is 1. The number of thioether (sulfide) groups is 1. The number of carbonyl (C=O) groups excluding carboxylic acids is 1. The third-order valence-electron chi connectivity index (χ3n) is 8.32. The number of aromatic nitrogens is 1. The predicted molar refractivity (Wildman–Crippen MR) is 153 cm³/mol. The molecule has 40 heavy (non-hydrogen) atoms. The van der Waals surface area contributed by atoms with Gasteiger partial charge >= 0.3 is 0 Å². The molecule has 1 atom stereocenters. The van der Waals surface area contributed by atoms with Crippen LogP contribution in [0.25, 0.3) is 0 Å². The maximum absolute atomic E-state index is 13.2. The van der Waals surface area contributed by atoms with Crippen molar-refractivity contribution in [2.75, 3.05) is 19.5 Å². The summed E-state index contributed by atoms with van der Waals surface area (Å²) in [6.45, 7) is 6.83. The van der Waals surface area contributed by atoms with E-state index in [1.165, 1.54) is 11.8 Å². The van der Waals surface area contributed by atoms with Crippen LogP contribution in [0.5, 0.6) is 11.5 Å². The summed E-state index contributed by atoms with van der Waals surface area (Å²) < 4.78 is 18.2. The Labute approximate surface area is 243 Å². The molecule has 214 valence electrons. The largest absolute Gasteiger partial charge is 0.448 e. The maximum Gasteiger partial charge on any atom is 0.254 e. The fourth-order valence-electron chi connectivity index (χ4n) is 5.98. The summed E-state index contributed by atoms with van der Waals surface area (Å²) in [7, 11) is 0. The number of aryl methyl sites for hydroxylation is 1. The van der Waals surface area contributed by atoms with Crippen molar-refractivity contribution in [2.45, 2.75) is 81.7 Å². The fraction of sp³-hybridized carbons (Fsp3) is 0.552. The van der Waals surface area contributed by atoms with Gasteiger partial charge in [0.2, 0.25) is 0 Å². The number of nitrogens with one attached hydrogen (secondary N) is 3. The molecule has 1 saturated carbocycles. The number of carbonyl (C=O) groups is 1. The van der Waals surface area contributed by atoms with Gasteiger partial charge in [-0.15, -0.1) is 11.8 Å². The van der Waals surface area contributed by atoms with Crippen LogP contribution in [0, 0.1) is 31.1 Å². The second kappa shape index (κ2) is 11.3. The molecule has 0 spiro atoms. The minimum absolute atomic E-state index is 0.0902. The van der Waals surface area contributed by atoms with E-state index in [0.29, 0.717) is 58.9 Å². The molecular formula is C29H35ClN4O5S. The second-order valence-electron chi connectivity index (χ2n) is 11.2. The molecule has 1 unspecified atom stereocenters. The van der Waals surface area contributed by atoms with E-state index in [0.717, 1.165) is 36.3 Å². The van der Waals surface area contributed by atoms with Gasteiger partial charge in [0.15, 0.2) is 11.5 Å². The number of halogens is 1. The molecule has 11 heteroatoms.